The van der Waals surface area contributed by atoms with Crippen LogP contribution in [0.1, 0.15) is 45.1 Å². The molecular formula is C24H37ClN4O2. The minimum Gasteiger partial charge on any atom is -0.466 e. The van der Waals surface area contributed by atoms with Gasteiger partial charge in [-0.25, -0.2) is 0 Å². The fourth-order valence-corrected chi connectivity index (χ4v) is 4.62. The van der Waals surface area contributed by atoms with Crippen molar-refractivity contribution in [2.45, 2.75) is 46.1 Å². The van der Waals surface area contributed by atoms with E-state index in [2.05, 4.69) is 34.2 Å². The van der Waals surface area contributed by atoms with Gasteiger partial charge in [0, 0.05) is 37.7 Å². The number of carbonyl (C=O) groups excluding carboxylic acids is 1. The average Bonchev–Trinajstić information content (AvgIpc) is 2.79. The lowest BCUT2D eigenvalue weighted by atomic mass is 9.96. The number of ether oxygens (including phenoxy) is 1. The second kappa shape index (κ2) is 12.3. The number of rotatable bonds is 7. The molecule has 1 N–H and O–H groups in total. The number of carbonyl (C=O) groups is 1. The van der Waals surface area contributed by atoms with Crippen LogP contribution in [0.3, 0.4) is 0 Å². The average molecular weight is 449 g/mol. The summed E-state index contributed by atoms with van der Waals surface area (Å²) in [5.41, 5.74) is 1.21. The van der Waals surface area contributed by atoms with E-state index in [0.717, 1.165) is 82.5 Å². The molecule has 2 heterocycles. The van der Waals surface area contributed by atoms with E-state index in [1.54, 1.807) is 0 Å². The van der Waals surface area contributed by atoms with E-state index in [4.69, 9.17) is 21.3 Å². The zero-order valence-electron chi connectivity index (χ0n) is 19.0. The number of piperidine rings is 2. The molecule has 0 aliphatic carbocycles. The highest BCUT2D eigenvalue weighted by Crippen LogP contribution is 2.23. The maximum Gasteiger partial charge on any atom is 0.309 e. The summed E-state index contributed by atoms with van der Waals surface area (Å²) in [6, 6.07) is 8.13. The van der Waals surface area contributed by atoms with Gasteiger partial charge in [0.15, 0.2) is 5.96 Å². The van der Waals surface area contributed by atoms with Crippen molar-refractivity contribution in [3.63, 3.8) is 0 Å². The fourth-order valence-electron chi connectivity index (χ4n) is 4.42. The van der Waals surface area contributed by atoms with Crippen LogP contribution in [0.25, 0.3) is 0 Å². The molecule has 0 atom stereocenters. The topological polar surface area (TPSA) is 57.2 Å². The summed E-state index contributed by atoms with van der Waals surface area (Å²) in [5, 5.41) is 4.30. The van der Waals surface area contributed by atoms with Crippen LogP contribution in [0.15, 0.2) is 29.3 Å². The number of esters is 1. The predicted molar refractivity (Wildman–Crippen MR) is 126 cm³/mol. The molecule has 2 saturated heterocycles. The molecule has 0 spiro atoms. The van der Waals surface area contributed by atoms with Gasteiger partial charge in [0.1, 0.15) is 0 Å². The molecule has 1 aromatic rings. The molecule has 0 radical (unpaired) electrons. The van der Waals surface area contributed by atoms with Crippen molar-refractivity contribution in [2.75, 3.05) is 45.9 Å². The van der Waals surface area contributed by atoms with E-state index < -0.39 is 0 Å². The van der Waals surface area contributed by atoms with Crippen molar-refractivity contribution in [3.8, 4) is 0 Å². The van der Waals surface area contributed by atoms with Gasteiger partial charge in [-0.15, -0.1) is 0 Å². The van der Waals surface area contributed by atoms with Gasteiger partial charge in [0.05, 0.1) is 12.5 Å². The number of likely N-dealkylation sites (tertiary alicyclic amines) is 2. The third kappa shape index (κ3) is 7.11. The number of nitrogens with one attached hydrogen (secondary N) is 1. The van der Waals surface area contributed by atoms with Gasteiger partial charge in [0.25, 0.3) is 0 Å². The molecule has 0 aromatic heterocycles. The van der Waals surface area contributed by atoms with E-state index in [1.807, 2.05) is 19.1 Å². The Labute approximate surface area is 192 Å². The minimum atomic E-state index is -0.0485. The summed E-state index contributed by atoms with van der Waals surface area (Å²) in [6.07, 6.45) is 4.00. The largest absolute Gasteiger partial charge is 0.466 e. The molecule has 6 nitrogen and oxygen atoms in total. The molecule has 2 fully saturated rings. The lowest BCUT2D eigenvalue weighted by Gasteiger charge is -2.34. The highest BCUT2D eigenvalue weighted by molar-refractivity contribution is 6.31. The molecule has 31 heavy (non-hydrogen) atoms. The van der Waals surface area contributed by atoms with Crippen molar-refractivity contribution in [1.29, 1.82) is 0 Å². The Morgan fingerprint density at radius 3 is 2.48 bits per heavy atom. The summed E-state index contributed by atoms with van der Waals surface area (Å²) in [5.74, 6) is 1.59. The van der Waals surface area contributed by atoms with Crippen molar-refractivity contribution >= 4 is 23.5 Å². The predicted octanol–water partition coefficient (Wildman–Crippen LogP) is 3.79. The van der Waals surface area contributed by atoms with Crippen LogP contribution in [0, 0.1) is 11.8 Å². The molecule has 3 rings (SSSR count). The van der Waals surface area contributed by atoms with Crippen molar-refractivity contribution < 1.29 is 9.53 Å². The highest BCUT2D eigenvalue weighted by Gasteiger charge is 2.27. The van der Waals surface area contributed by atoms with Crippen LogP contribution >= 0.6 is 11.6 Å². The first-order valence-corrected chi connectivity index (χ1v) is 12.1. The Kier molecular flexibility index (Phi) is 9.47. The molecule has 2 aliphatic heterocycles. The van der Waals surface area contributed by atoms with Gasteiger partial charge in [0.2, 0.25) is 0 Å². The summed E-state index contributed by atoms with van der Waals surface area (Å²) >= 11 is 6.32. The Balaban J connectivity index is 1.46. The second-order valence-corrected chi connectivity index (χ2v) is 8.93. The third-order valence-corrected chi connectivity index (χ3v) is 6.68. The first-order chi connectivity index (χ1) is 15.1. The van der Waals surface area contributed by atoms with Crippen molar-refractivity contribution in [2.24, 2.45) is 16.8 Å². The molecule has 7 heteroatoms. The summed E-state index contributed by atoms with van der Waals surface area (Å²) < 4.78 is 5.19. The van der Waals surface area contributed by atoms with Crippen molar-refractivity contribution in [1.82, 2.24) is 15.1 Å². The first kappa shape index (κ1) is 23.9. The number of hydrogen-bond acceptors (Lipinski definition) is 4. The number of halogens is 1. The lowest BCUT2D eigenvalue weighted by molar-refractivity contribution is -0.149. The van der Waals surface area contributed by atoms with Gasteiger partial charge < -0.3 is 15.0 Å². The SMILES string of the molecule is CCNC(=NCC1CCN(Cc2ccccc2Cl)CC1)N1CCC(C(=O)OCC)CC1. The van der Waals surface area contributed by atoms with Gasteiger partial charge in [-0.2, -0.15) is 0 Å². The smallest absolute Gasteiger partial charge is 0.309 e. The Morgan fingerprint density at radius 1 is 1.13 bits per heavy atom. The Bertz CT molecular complexity index is 726. The summed E-state index contributed by atoms with van der Waals surface area (Å²) in [4.78, 5) is 21.8. The van der Waals surface area contributed by atoms with Crippen LogP contribution in [0.5, 0.6) is 0 Å². The van der Waals surface area contributed by atoms with E-state index in [9.17, 15) is 4.79 Å². The van der Waals surface area contributed by atoms with E-state index >= 15 is 0 Å². The first-order valence-electron chi connectivity index (χ1n) is 11.8. The Hall–Kier alpha value is -1.79. The number of nitrogens with zero attached hydrogens (tertiary/aromatic N) is 3. The fraction of sp³-hybridized carbons (Fsp3) is 0.667. The molecule has 0 amide bonds. The summed E-state index contributed by atoms with van der Waals surface area (Å²) in [7, 11) is 0. The number of benzene rings is 1. The van der Waals surface area contributed by atoms with E-state index in [0.29, 0.717) is 12.5 Å². The van der Waals surface area contributed by atoms with Crippen molar-refractivity contribution in [3.05, 3.63) is 34.9 Å². The van der Waals surface area contributed by atoms with Crippen LogP contribution in [-0.2, 0) is 16.1 Å². The van der Waals surface area contributed by atoms with Crippen LogP contribution in [0.4, 0.5) is 0 Å². The van der Waals surface area contributed by atoms with E-state index in [-0.39, 0.29) is 11.9 Å². The normalized spacial score (nSPS) is 19.5. The Morgan fingerprint density at radius 2 is 1.84 bits per heavy atom. The molecular weight excluding hydrogens is 412 g/mol. The standard InChI is InChI=1S/C24H37ClN4O2/c1-3-26-24(29-15-11-20(12-16-29)23(30)31-4-2)27-17-19-9-13-28(14-10-19)18-21-7-5-6-8-22(21)25/h5-8,19-20H,3-4,9-18H2,1-2H3,(H,26,27). The molecule has 1 aromatic carbocycles. The third-order valence-electron chi connectivity index (χ3n) is 6.31. The molecule has 172 valence electrons. The van der Waals surface area contributed by atoms with Gasteiger partial charge in [-0.1, -0.05) is 29.8 Å². The highest BCUT2D eigenvalue weighted by atomic mass is 35.5. The number of hydrogen-bond donors (Lipinski definition) is 1. The maximum absolute atomic E-state index is 12.0. The maximum atomic E-state index is 12.0. The molecule has 0 bridgehead atoms. The lowest BCUT2D eigenvalue weighted by Crippen LogP contribution is -2.47. The number of aliphatic imine (C=N–C) groups is 1. The minimum absolute atomic E-state index is 0.0292. The zero-order valence-corrected chi connectivity index (χ0v) is 19.7. The zero-order chi connectivity index (χ0) is 22.1. The second-order valence-electron chi connectivity index (χ2n) is 8.52. The van der Waals surface area contributed by atoms with E-state index in [1.165, 1.54) is 5.56 Å². The summed E-state index contributed by atoms with van der Waals surface area (Å²) in [6.45, 7) is 11.0. The van der Waals surface area contributed by atoms with Gasteiger partial charge in [-0.3, -0.25) is 14.7 Å². The van der Waals surface area contributed by atoms with Gasteiger partial charge in [-0.05, 0) is 70.2 Å². The van der Waals surface area contributed by atoms with Crippen LogP contribution in [-0.4, -0.2) is 67.6 Å². The van der Waals surface area contributed by atoms with Crippen LogP contribution in [0.2, 0.25) is 5.02 Å². The quantitative estimate of drug-likeness (QED) is 0.390. The molecule has 0 saturated carbocycles. The molecule has 0 unspecified atom stereocenters. The molecule has 2 aliphatic rings. The number of guanidine groups is 1. The van der Waals surface area contributed by atoms with Gasteiger partial charge >= 0.3 is 5.97 Å². The van der Waals surface area contributed by atoms with Crippen LogP contribution < -0.4 is 5.32 Å². The monoisotopic (exact) mass is 448 g/mol.